The van der Waals surface area contributed by atoms with Crippen molar-refractivity contribution in [3.8, 4) is 17.2 Å². The largest absolute Gasteiger partial charge is 0.477 e. The molecule has 0 aliphatic heterocycles. The molecular formula is C22H17N3O5. The van der Waals surface area contributed by atoms with Crippen LogP contribution in [0.25, 0.3) is 22.6 Å². The number of nitrogens with zero attached hydrogens (tertiary/aromatic N) is 2. The Morgan fingerprint density at radius 3 is 2.80 bits per heavy atom. The van der Waals surface area contributed by atoms with Crippen molar-refractivity contribution in [2.24, 2.45) is 0 Å². The molecular weight excluding hydrogens is 386 g/mol. The monoisotopic (exact) mass is 403 g/mol. The Balaban J connectivity index is 1.46. The Labute approximate surface area is 171 Å². The third kappa shape index (κ3) is 4.12. The molecule has 1 heterocycles. The molecule has 1 aromatic heterocycles. The normalized spacial score (nSPS) is 10.7. The first-order chi connectivity index (χ1) is 14.5. The highest BCUT2D eigenvalue weighted by atomic mass is 16.6. The number of nitro benzene ring substituents is 1. The van der Waals surface area contributed by atoms with Gasteiger partial charge in [-0.3, -0.25) is 14.9 Å². The van der Waals surface area contributed by atoms with Crippen LogP contribution in [0.15, 0.2) is 71.1 Å². The van der Waals surface area contributed by atoms with Crippen molar-refractivity contribution in [2.75, 3.05) is 11.9 Å². The lowest BCUT2D eigenvalue weighted by Crippen LogP contribution is -2.20. The summed E-state index contributed by atoms with van der Waals surface area (Å²) in [6, 6.07) is 18.7. The minimum atomic E-state index is -0.557. The number of hydrogen-bond acceptors (Lipinski definition) is 6. The smallest absolute Gasteiger partial charge is 0.310 e. The predicted octanol–water partition coefficient (Wildman–Crippen LogP) is 4.73. The Morgan fingerprint density at radius 2 is 1.97 bits per heavy atom. The van der Waals surface area contributed by atoms with E-state index in [1.54, 1.807) is 24.3 Å². The fourth-order valence-electron chi connectivity index (χ4n) is 2.96. The van der Waals surface area contributed by atoms with Crippen LogP contribution in [-0.4, -0.2) is 22.4 Å². The van der Waals surface area contributed by atoms with Gasteiger partial charge in [0, 0.05) is 17.3 Å². The average Bonchev–Trinajstić information content (AvgIpc) is 3.16. The molecule has 8 heteroatoms. The number of benzene rings is 3. The van der Waals surface area contributed by atoms with Crippen LogP contribution in [0, 0.1) is 17.0 Å². The van der Waals surface area contributed by atoms with E-state index in [0.717, 1.165) is 11.1 Å². The second-order valence-electron chi connectivity index (χ2n) is 6.63. The third-order valence-corrected chi connectivity index (χ3v) is 4.36. The number of fused-ring (bicyclic) bond motifs is 1. The molecule has 30 heavy (non-hydrogen) atoms. The van der Waals surface area contributed by atoms with E-state index in [1.807, 2.05) is 31.2 Å². The molecule has 150 valence electrons. The maximum Gasteiger partial charge on any atom is 0.310 e. The number of hydrogen-bond donors (Lipinski definition) is 1. The minimum Gasteiger partial charge on any atom is -0.477 e. The summed E-state index contributed by atoms with van der Waals surface area (Å²) in [7, 11) is 0. The van der Waals surface area contributed by atoms with Crippen molar-refractivity contribution < 1.29 is 18.9 Å². The highest BCUT2D eigenvalue weighted by Crippen LogP contribution is 2.27. The Bertz CT molecular complexity index is 1250. The quantitative estimate of drug-likeness (QED) is 0.368. The molecule has 0 spiro atoms. The first-order valence-electron chi connectivity index (χ1n) is 9.13. The van der Waals surface area contributed by atoms with E-state index in [-0.39, 0.29) is 18.0 Å². The molecule has 0 aliphatic carbocycles. The number of carbonyl (C=O) groups is 1. The van der Waals surface area contributed by atoms with E-state index in [9.17, 15) is 14.9 Å². The summed E-state index contributed by atoms with van der Waals surface area (Å²) in [5.74, 6) is 0.0366. The Hall–Kier alpha value is -4.20. The van der Waals surface area contributed by atoms with Gasteiger partial charge in [0.25, 0.3) is 5.91 Å². The van der Waals surface area contributed by atoms with E-state index in [1.165, 1.54) is 18.2 Å². The average molecular weight is 403 g/mol. The number of amides is 1. The number of anilines is 1. The molecule has 0 saturated heterocycles. The van der Waals surface area contributed by atoms with Gasteiger partial charge in [-0.15, -0.1) is 0 Å². The summed E-state index contributed by atoms with van der Waals surface area (Å²) < 4.78 is 11.1. The number of oxazole rings is 1. The van der Waals surface area contributed by atoms with Crippen LogP contribution in [0.5, 0.6) is 5.75 Å². The molecule has 1 N–H and O–H groups in total. The van der Waals surface area contributed by atoms with Gasteiger partial charge < -0.3 is 14.5 Å². The minimum absolute atomic E-state index is 0.0353. The number of rotatable bonds is 6. The molecule has 1 amide bonds. The maximum atomic E-state index is 12.2. The zero-order valence-corrected chi connectivity index (χ0v) is 16.0. The van der Waals surface area contributed by atoms with Crippen LogP contribution in [-0.2, 0) is 4.79 Å². The SMILES string of the molecule is Cc1ccc2oc(-c3cccc(NC(=O)COc4ccccc4[N+](=O)[O-])c3)nc2c1. The highest BCUT2D eigenvalue weighted by Gasteiger charge is 2.15. The fourth-order valence-corrected chi connectivity index (χ4v) is 2.96. The summed E-state index contributed by atoms with van der Waals surface area (Å²) >= 11 is 0. The lowest BCUT2D eigenvalue weighted by molar-refractivity contribution is -0.385. The molecule has 4 aromatic rings. The van der Waals surface area contributed by atoms with Crippen LogP contribution < -0.4 is 10.1 Å². The van der Waals surface area contributed by atoms with Crippen LogP contribution in [0.4, 0.5) is 11.4 Å². The van der Waals surface area contributed by atoms with Crippen molar-refractivity contribution in [1.29, 1.82) is 0 Å². The number of carbonyl (C=O) groups excluding carboxylic acids is 1. The van der Waals surface area contributed by atoms with Crippen molar-refractivity contribution in [1.82, 2.24) is 4.98 Å². The van der Waals surface area contributed by atoms with Crippen LogP contribution in [0.1, 0.15) is 5.56 Å². The van der Waals surface area contributed by atoms with E-state index in [2.05, 4.69) is 10.3 Å². The Morgan fingerprint density at radius 1 is 1.13 bits per heavy atom. The van der Waals surface area contributed by atoms with Gasteiger partial charge in [-0.1, -0.05) is 24.3 Å². The number of aryl methyl sites for hydroxylation is 1. The number of para-hydroxylation sites is 2. The van der Waals surface area contributed by atoms with Gasteiger partial charge in [-0.05, 0) is 48.9 Å². The van der Waals surface area contributed by atoms with Gasteiger partial charge in [-0.25, -0.2) is 4.98 Å². The summed E-state index contributed by atoms with van der Waals surface area (Å²) in [5, 5.41) is 13.7. The molecule has 0 fully saturated rings. The highest BCUT2D eigenvalue weighted by molar-refractivity contribution is 5.92. The molecule has 0 unspecified atom stereocenters. The molecule has 0 atom stereocenters. The molecule has 3 aromatic carbocycles. The van der Waals surface area contributed by atoms with Gasteiger partial charge in [0.15, 0.2) is 17.9 Å². The number of ether oxygens (including phenoxy) is 1. The van der Waals surface area contributed by atoms with Crippen molar-refractivity contribution in [2.45, 2.75) is 6.92 Å². The summed E-state index contributed by atoms with van der Waals surface area (Å²) in [5.41, 5.74) is 3.57. The molecule has 0 aliphatic rings. The standard InChI is InChI=1S/C22H17N3O5/c1-14-9-10-19-17(11-14)24-22(30-19)15-5-4-6-16(12-15)23-21(26)13-29-20-8-3-2-7-18(20)25(27)28/h2-12H,13H2,1H3,(H,23,26). The van der Waals surface area contributed by atoms with Crippen LogP contribution in [0.3, 0.4) is 0 Å². The summed E-state index contributed by atoms with van der Waals surface area (Å²) in [4.78, 5) is 27.2. The van der Waals surface area contributed by atoms with Crippen molar-refractivity contribution >= 4 is 28.4 Å². The molecule has 0 saturated carbocycles. The summed E-state index contributed by atoms with van der Waals surface area (Å²) in [6.07, 6.45) is 0. The van der Waals surface area contributed by atoms with Crippen molar-refractivity contribution in [3.05, 3.63) is 82.4 Å². The van der Waals surface area contributed by atoms with Crippen LogP contribution >= 0.6 is 0 Å². The zero-order valence-electron chi connectivity index (χ0n) is 16.0. The molecule has 8 nitrogen and oxygen atoms in total. The zero-order chi connectivity index (χ0) is 21.1. The number of nitrogens with one attached hydrogen (secondary N) is 1. The first-order valence-corrected chi connectivity index (χ1v) is 9.13. The summed E-state index contributed by atoms with van der Waals surface area (Å²) in [6.45, 7) is 1.62. The van der Waals surface area contributed by atoms with E-state index < -0.39 is 10.8 Å². The number of nitro groups is 1. The van der Waals surface area contributed by atoms with E-state index >= 15 is 0 Å². The molecule has 0 bridgehead atoms. The first kappa shape index (κ1) is 19.1. The van der Waals surface area contributed by atoms with Gasteiger partial charge in [-0.2, -0.15) is 0 Å². The second kappa shape index (κ2) is 8.04. The van der Waals surface area contributed by atoms with Gasteiger partial charge in [0.1, 0.15) is 5.52 Å². The van der Waals surface area contributed by atoms with E-state index in [4.69, 9.17) is 9.15 Å². The molecule has 0 radical (unpaired) electrons. The number of aromatic nitrogens is 1. The maximum absolute atomic E-state index is 12.2. The lowest BCUT2D eigenvalue weighted by atomic mass is 10.2. The third-order valence-electron chi connectivity index (χ3n) is 4.36. The lowest BCUT2D eigenvalue weighted by Gasteiger charge is -2.08. The van der Waals surface area contributed by atoms with E-state index in [0.29, 0.717) is 22.7 Å². The van der Waals surface area contributed by atoms with Crippen molar-refractivity contribution in [3.63, 3.8) is 0 Å². The van der Waals surface area contributed by atoms with Crippen LogP contribution in [0.2, 0.25) is 0 Å². The predicted molar refractivity (Wildman–Crippen MR) is 111 cm³/mol. The fraction of sp³-hybridized carbons (Fsp3) is 0.0909. The van der Waals surface area contributed by atoms with Gasteiger partial charge in [0.2, 0.25) is 5.89 Å². The van der Waals surface area contributed by atoms with Gasteiger partial charge in [0.05, 0.1) is 4.92 Å². The second-order valence-corrected chi connectivity index (χ2v) is 6.63. The molecule has 4 rings (SSSR count). The topological polar surface area (TPSA) is 108 Å². The van der Waals surface area contributed by atoms with Gasteiger partial charge >= 0.3 is 5.69 Å². The Kier molecular flexibility index (Phi) is 5.13.